The summed E-state index contributed by atoms with van der Waals surface area (Å²) in [6.45, 7) is 0. The lowest BCUT2D eigenvalue weighted by Gasteiger charge is -1.87. The van der Waals surface area contributed by atoms with Crippen LogP contribution in [0.15, 0.2) is 24.3 Å². The van der Waals surface area contributed by atoms with Gasteiger partial charge in [0.2, 0.25) is 0 Å². The minimum atomic E-state index is -0.251. The summed E-state index contributed by atoms with van der Waals surface area (Å²) in [6.07, 6.45) is 0. The molecule has 2 N–H and O–H groups in total. The Morgan fingerprint density at radius 2 is 1.45 bits per heavy atom. The second-order valence-corrected chi connectivity index (χ2v) is 1.55. The number of rotatable bonds is 0. The summed E-state index contributed by atoms with van der Waals surface area (Å²) in [5.74, 6) is -0.251. The molecule has 0 aliphatic heterocycles. The molecule has 3 nitrogen and oxygen atoms in total. The number of hydrogen-bond donors (Lipinski definition) is 1. The number of hydrogen-bond acceptors (Lipinski definition) is 3. The number of nitrogens with two attached hydrogens (primary N) is 1. The molecule has 1 rings (SSSR count). The zero-order chi connectivity index (χ0) is 7.98. The molecule has 11 heavy (non-hydrogen) atoms. The van der Waals surface area contributed by atoms with Crippen molar-refractivity contribution in [1.82, 2.24) is 0 Å². The monoisotopic (exact) mass is 159 g/mol. The van der Waals surface area contributed by atoms with E-state index in [-0.39, 0.29) is 10.5 Å². The fourth-order valence-electron chi connectivity index (χ4n) is 0.463. The van der Waals surface area contributed by atoms with Gasteiger partial charge in [0.25, 0.3) is 0 Å². The van der Waals surface area contributed by atoms with Gasteiger partial charge in [0, 0.05) is 16.5 Å². The lowest BCUT2D eigenvalue weighted by molar-refractivity contribution is 0.628. The number of benzene rings is 1. The first-order valence-corrected chi connectivity index (χ1v) is 2.50. The van der Waals surface area contributed by atoms with E-state index in [1.54, 1.807) is 0 Å². The fourth-order valence-corrected chi connectivity index (χ4v) is 0.463. The lowest BCUT2D eigenvalue weighted by Crippen LogP contribution is -1.82. The fraction of sp³-hybridized carbons (Fsp3) is 0. The Hall–Kier alpha value is -1.70. The van der Waals surface area contributed by atoms with Crippen molar-refractivity contribution in [3.05, 3.63) is 30.1 Å². The molecule has 0 atom stereocenters. The van der Waals surface area contributed by atoms with Gasteiger partial charge >= 0.3 is 0 Å². The van der Waals surface area contributed by atoms with Gasteiger partial charge in [0.15, 0.2) is 0 Å². The first kappa shape index (κ1) is 12.0. The van der Waals surface area contributed by atoms with Crippen molar-refractivity contribution in [1.29, 1.82) is 10.8 Å². The smallest absolute Gasteiger partial charge is 0.123 e. The quantitative estimate of drug-likeness (QED) is 0.461. The maximum absolute atomic E-state index is 12.0. The van der Waals surface area contributed by atoms with Gasteiger partial charge in [0.05, 0.1) is 0 Å². The highest BCUT2D eigenvalue weighted by Crippen LogP contribution is 2.01. The second-order valence-electron chi connectivity index (χ2n) is 1.55. The minimum Gasteiger partial charge on any atom is -0.399 e. The number of nitrogen functional groups attached to an aromatic ring is 1. The SMILES string of the molecule is F.N#N.Nc1ccc(F)cc1. The molecule has 1 aromatic carbocycles. The van der Waals surface area contributed by atoms with Gasteiger partial charge in [-0.3, -0.25) is 4.70 Å². The van der Waals surface area contributed by atoms with E-state index in [1.165, 1.54) is 24.3 Å². The summed E-state index contributed by atoms with van der Waals surface area (Å²) < 4.78 is 12.0. The molecule has 0 aliphatic carbocycles. The van der Waals surface area contributed by atoms with Gasteiger partial charge < -0.3 is 5.73 Å². The zero-order valence-corrected chi connectivity index (χ0v) is 5.57. The van der Waals surface area contributed by atoms with Gasteiger partial charge in [-0.15, -0.1) is 0 Å². The lowest BCUT2D eigenvalue weighted by atomic mass is 10.3. The first-order chi connectivity index (χ1) is 4.79. The van der Waals surface area contributed by atoms with E-state index in [2.05, 4.69) is 0 Å². The van der Waals surface area contributed by atoms with Gasteiger partial charge in [-0.1, -0.05) is 0 Å². The molecule has 0 saturated carbocycles. The van der Waals surface area contributed by atoms with Crippen molar-refractivity contribution in [2.75, 3.05) is 5.73 Å². The van der Waals surface area contributed by atoms with Crippen molar-refractivity contribution < 1.29 is 9.09 Å². The Morgan fingerprint density at radius 3 is 1.73 bits per heavy atom. The van der Waals surface area contributed by atoms with Crippen LogP contribution in [0, 0.1) is 16.6 Å². The predicted octanol–water partition coefficient (Wildman–Crippen LogP) is 1.59. The van der Waals surface area contributed by atoms with Gasteiger partial charge in [0.1, 0.15) is 5.82 Å². The van der Waals surface area contributed by atoms with E-state index >= 15 is 0 Å². The van der Waals surface area contributed by atoms with E-state index in [4.69, 9.17) is 16.5 Å². The highest BCUT2D eigenvalue weighted by atomic mass is 19.1. The number of halogens is 2. The third kappa shape index (κ3) is 4.78. The Balaban J connectivity index is 0. The van der Waals surface area contributed by atoms with Gasteiger partial charge in [-0.25, -0.2) is 4.39 Å². The van der Waals surface area contributed by atoms with E-state index in [9.17, 15) is 4.39 Å². The Morgan fingerprint density at radius 1 is 1.09 bits per heavy atom. The van der Waals surface area contributed by atoms with E-state index in [0.29, 0.717) is 5.69 Å². The summed E-state index contributed by atoms with van der Waals surface area (Å²) >= 11 is 0. The van der Waals surface area contributed by atoms with Crippen LogP contribution < -0.4 is 5.73 Å². The maximum Gasteiger partial charge on any atom is 0.123 e. The Kier molecular flexibility index (Phi) is 7.02. The van der Waals surface area contributed by atoms with Crippen LogP contribution in [-0.4, -0.2) is 0 Å². The molecule has 0 spiro atoms. The summed E-state index contributed by atoms with van der Waals surface area (Å²) in [5, 5.41) is 12.0. The molecule has 60 valence electrons. The average molecular weight is 159 g/mol. The molecular formula is C6H7F2N3. The molecule has 0 bridgehead atoms. The van der Waals surface area contributed by atoms with Gasteiger partial charge in [-0.2, -0.15) is 0 Å². The zero-order valence-electron chi connectivity index (χ0n) is 5.57. The maximum atomic E-state index is 12.0. The summed E-state index contributed by atoms with van der Waals surface area (Å²) in [6, 6.07) is 5.70. The molecule has 0 amide bonds. The molecule has 0 heterocycles. The van der Waals surface area contributed by atoms with Crippen LogP contribution in [0.5, 0.6) is 0 Å². The molecule has 0 fully saturated rings. The molecular weight excluding hydrogens is 152 g/mol. The van der Waals surface area contributed by atoms with Crippen molar-refractivity contribution in [3.63, 3.8) is 0 Å². The first-order valence-electron chi connectivity index (χ1n) is 2.50. The van der Waals surface area contributed by atoms with Crippen LogP contribution in [0.2, 0.25) is 0 Å². The predicted molar refractivity (Wildman–Crippen MR) is 36.8 cm³/mol. The summed E-state index contributed by atoms with van der Waals surface area (Å²) in [5.41, 5.74) is 5.85. The molecule has 0 radical (unpaired) electrons. The third-order valence-electron chi connectivity index (χ3n) is 0.870. The molecule has 0 saturated heterocycles. The van der Waals surface area contributed by atoms with Crippen LogP contribution in [0.3, 0.4) is 0 Å². The molecule has 5 heteroatoms. The Bertz CT molecular complexity index is 186. The van der Waals surface area contributed by atoms with E-state index in [0.717, 1.165) is 0 Å². The van der Waals surface area contributed by atoms with Crippen molar-refractivity contribution in [2.24, 2.45) is 0 Å². The second kappa shape index (κ2) is 6.42. The molecule has 1 aromatic rings. The van der Waals surface area contributed by atoms with Crippen molar-refractivity contribution in [3.8, 4) is 0 Å². The highest BCUT2D eigenvalue weighted by Gasteiger charge is 1.83. The molecule has 0 aromatic heterocycles. The molecule has 0 unspecified atom stereocenters. The van der Waals surface area contributed by atoms with Crippen LogP contribution in [0.25, 0.3) is 0 Å². The third-order valence-corrected chi connectivity index (χ3v) is 0.870. The van der Waals surface area contributed by atoms with Crippen LogP contribution in [0.1, 0.15) is 0 Å². The topological polar surface area (TPSA) is 73.6 Å². The van der Waals surface area contributed by atoms with Crippen LogP contribution in [0.4, 0.5) is 14.8 Å². The normalized spacial score (nSPS) is 6.82. The number of nitrogens with zero attached hydrogens (tertiary/aromatic N) is 2. The van der Waals surface area contributed by atoms with E-state index < -0.39 is 0 Å². The van der Waals surface area contributed by atoms with Crippen LogP contribution in [-0.2, 0) is 0 Å². The van der Waals surface area contributed by atoms with Crippen molar-refractivity contribution in [2.45, 2.75) is 0 Å². The largest absolute Gasteiger partial charge is 0.399 e. The summed E-state index contributed by atoms with van der Waals surface area (Å²) in [4.78, 5) is 0. The summed E-state index contributed by atoms with van der Waals surface area (Å²) in [7, 11) is 0. The average Bonchev–Trinajstić information content (AvgIpc) is 2.00. The molecule has 0 aliphatic rings. The van der Waals surface area contributed by atoms with Crippen LogP contribution >= 0.6 is 0 Å². The Labute approximate surface area is 62.4 Å². The van der Waals surface area contributed by atoms with Gasteiger partial charge in [-0.05, 0) is 24.3 Å². The highest BCUT2D eigenvalue weighted by molar-refractivity contribution is 5.36. The van der Waals surface area contributed by atoms with E-state index in [1.807, 2.05) is 0 Å². The van der Waals surface area contributed by atoms with Crippen molar-refractivity contribution >= 4 is 5.69 Å². The standard InChI is InChI=1S/C6H6FN.FH.N2/c7-5-1-3-6(8)4-2-5;;1-2/h1-4H,8H2;1H;. The number of anilines is 1. The minimum absolute atomic E-state index is 0.